The van der Waals surface area contributed by atoms with E-state index in [1.807, 2.05) is 18.3 Å². The summed E-state index contributed by atoms with van der Waals surface area (Å²) < 4.78 is 0. The van der Waals surface area contributed by atoms with E-state index in [-0.39, 0.29) is 5.91 Å². The van der Waals surface area contributed by atoms with E-state index in [9.17, 15) is 4.79 Å². The highest BCUT2D eigenvalue weighted by Crippen LogP contribution is 2.25. The van der Waals surface area contributed by atoms with Gasteiger partial charge in [-0.15, -0.1) is 0 Å². The highest BCUT2D eigenvalue weighted by Gasteiger charge is 2.09. The monoisotopic (exact) mass is 285 g/mol. The smallest absolute Gasteiger partial charge is 0.255 e. The molecule has 0 aliphatic carbocycles. The fourth-order valence-corrected chi connectivity index (χ4v) is 2.25. The first-order chi connectivity index (χ1) is 9.63. The number of aromatic amines is 1. The molecule has 100 valence electrons. The average Bonchev–Trinajstić information content (AvgIpc) is 2.89. The fourth-order valence-electron chi connectivity index (χ4n) is 2.02. The minimum Gasteiger partial charge on any atom is -0.399 e. The predicted molar refractivity (Wildman–Crippen MR) is 82.1 cm³/mol. The van der Waals surface area contributed by atoms with E-state index < -0.39 is 0 Å². The zero-order valence-corrected chi connectivity index (χ0v) is 11.2. The maximum Gasteiger partial charge on any atom is 0.255 e. The van der Waals surface area contributed by atoms with Crippen LogP contribution in [-0.4, -0.2) is 10.9 Å². The maximum absolute atomic E-state index is 12.2. The normalized spacial score (nSPS) is 10.7. The SMILES string of the molecule is Nc1ccc(NC(=O)c2ccc3cc[nH]c3c2)c(Cl)c1. The Balaban J connectivity index is 1.88. The van der Waals surface area contributed by atoms with Gasteiger partial charge < -0.3 is 16.0 Å². The summed E-state index contributed by atoms with van der Waals surface area (Å²) in [6.07, 6.45) is 1.84. The second-order valence-corrected chi connectivity index (χ2v) is 4.88. The van der Waals surface area contributed by atoms with E-state index in [2.05, 4.69) is 10.3 Å². The number of amides is 1. The Kier molecular flexibility index (Phi) is 3.08. The Morgan fingerprint density at radius 3 is 2.80 bits per heavy atom. The summed E-state index contributed by atoms with van der Waals surface area (Å²) in [6.45, 7) is 0. The van der Waals surface area contributed by atoms with E-state index in [1.54, 1.807) is 30.3 Å². The molecule has 0 saturated heterocycles. The summed E-state index contributed by atoms with van der Waals surface area (Å²) in [6, 6.07) is 12.4. The number of carbonyl (C=O) groups excluding carboxylic acids is 1. The van der Waals surface area contributed by atoms with Crippen LogP contribution < -0.4 is 11.1 Å². The molecule has 0 aliphatic heterocycles. The van der Waals surface area contributed by atoms with Gasteiger partial charge >= 0.3 is 0 Å². The van der Waals surface area contributed by atoms with E-state index in [0.29, 0.717) is 22.0 Å². The van der Waals surface area contributed by atoms with Crippen molar-refractivity contribution in [3.8, 4) is 0 Å². The summed E-state index contributed by atoms with van der Waals surface area (Å²) in [5, 5.41) is 4.25. The lowest BCUT2D eigenvalue weighted by Crippen LogP contribution is -2.12. The zero-order chi connectivity index (χ0) is 14.1. The van der Waals surface area contributed by atoms with Crippen molar-refractivity contribution >= 4 is 39.8 Å². The molecule has 1 amide bonds. The number of hydrogen-bond acceptors (Lipinski definition) is 2. The first-order valence-electron chi connectivity index (χ1n) is 6.07. The van der Waals surface area contributed by atoms with E-state index >= 15 is 0 Å². The summed E-state index contributed by atoms with van der Waals surface area (Å²) in [5.41, 5.74) is 8.19. The van der Waals surface area contributed by atoms with Crippen molar-refractivity contribution in [2.75, 3.05) is 11.1 Å². The van der Waals surface area contributed by atoms with Crippen molar-refractivity contribution < 1.29 is 4.79 Å². The molecule has 2 aromatic carbocycles. The third-order valence-electron chi connectivity index (χ3n) is 3.06. The van der Waals surface area contributed by atoms with Crippen molar-refractivity contribution in [3.63, 3.8) is 0 Å². The van der Waals surface area contributed by atoms with Gasteiger partial charge in [0.2, 0.25) is 0 Å². The molecule has 5 heteroatoms. The minimum absolute atomic E-state index is 0.215. The van der Waals surface area contributed by atoms with Crippen LogP contribution in [-0.2, 0) is 0 Å². The Morgan fingerprint density at radius 1 is 1.15 bits per heavy atom. The first-order valence-corrected chi connectivity index (χ1v) is 6.45. The van der Waals surface area contributed by atoms with Crippen LogP contribution in [0.4, 0.5) is 11.4 Å². The Bertz CT molecular complexity index is 795. The molecule has 20 heavy (non-hydrogen) atoms. The standard InChI is InChI=1S/C15H12ClN3O/c16-12-8-11(17)3-4-13(12)19-15(20)10-2-1-9-5-6-18-14(9)7-10/h1-8,18H,17H2,(H,19,20). The van der Waals surface area contributed by atoms with E-state index in [4.69, 9.17) is 17.3 Å². The molecule has 0 atom stereocenters. The van der Waals surface area contributed by atoms with Gasteiger partial charge in [-0.2, -0.15) is 0 Å². The number of nitrogens with one attached hydrogen (secondary N) is 2. The Labute approximate surface area is 120 Å². The number of H-pyrrole nitrogens is 1. The molecule has 0 radical (unpaired) electrons. The zero-order valence-electron chi connectivity index (χ0n) is 10.5. The highest BCUT2D eigenvalue weighted by molar-refractivity contribution is 6.34. The molecule has 0 aliphatic rings. The maximum atomic E-state index is 12.2. The molecule has 0 fully saturated rings. The molecule has 1 aromatic heterocycles. The molecular formula is C15H12ClN3O. The van der Waals surface area contributed by atoms with Gasteiger partial charge in [0.15, 0.2) is 0 Å². The summed E-state index contributed by atoms with van der Waals surface area (Å²) in [4.78, 5) is 15.3. The van der Waals surface area contributed by atoms with Crippen molar-refractivity contribution in [3.05, 3.63) is 59.2 Å². The molecule has 3 rings (SSSR count). The number of halogens is 1. The number of hydrogen-bond donors (Lipinski definition) is 3. The van der Waals surface area contributed by atoms with Gasteiger partial charge in [0.25, 0.3) is 5.91 Å². The van der Waals surface area contributed by atoms with Crippen molar-refractivity contribution in [2.24, 2.45) is 0 Å². The van der Waals surface area contributed by atoms with Gasteiger partial charge in [-0.05, 0) is 41.8 Å². The third-order valence-corrected chi connectivity index (χ3v) is 3.37. The van der Waals surface area contributed by atoms with E-state index in [0.717, 1.165) is 10.9 Å². The molecule has 1 heterocycles. The molecule has 4 nitrogen and oxygen atoms in total. The van der Waals surface area contributed by atoms with Crippen LogP contribution in [0.15, 0.2) is 48.7 Å². The summed E-state index contributed by atoms with van der Waals surface area (Å²) >= 11 is 6.04. The number of benzene rings is 2. The second-order valence-electron chi connectivity index (χ2n) is 4.47. The number of anilines is 2. The third kappa shape index (κ3) is 2.33. The molecule has 0 saturated carbocycles. The molecule has 0 bridgehead atoms. The minimum atomic E-state index is -0.215. The van der Waals surface area contributed by atoms with Gasteiger partial charge in [0.1, 0.15) is 0 Å². The van der Waals surface area contributed by atoms with E-state index in [1.165, 1.54) is 0 Å². The number of aromatic nitrogens is 1. The second kappa shape index (κ2) is 4.90. The Hall–Kier alpha value is -2.46. The number of rotatable bonds is 2. The number of carbonyl (C=O) groups is 1. The van der Waals surface area contributed by atoms with Crippen molar-refractivity contribution in [2.45, 2.75) is 0 Å². The summed E-state index contributed by atoms with van der Waals surface area (Å²) in [7, 11) is 0. The molecule has 0 unspecified atom stereocenters. The number of fused-ring (bicyclic) bond motifs is 1. The number of nitrogens with two attached hydrogens (primary N) is 1. The lowest BCUT2D eigenvalue weighted by molar-refractivity contribution is 0.102. The van der Waals surface area contributed by atoms with Crippen LogP contribution in [0.3, 0.4) is 0 Å². The molecular weight excluding hydrogens is 274 g/mol. The van der Waals surface area contributed by atoms with Crippen molar-refractivity contribution in [1.29, 1.82) is 0 Å². The Morgan fingerprint density at radius 2 is 2.00 bits per heavy atom. The van der Waals surface area contributed by atoms with Crippen LogP contribution in [0.2, 0.25) is 5.02 Å². The van der Waals surface area contributed by atoms with Crippen LogP contribution in [0.5, 0.6) is 0 Å². The molecule has 4 N–H and O–H groups in total. The molecule has 0 spiro atoms. The fraction of sp³-hybridized carbons (Fsp3) is 0. The molecule has 3 aromatic rings. The van der Waals surface area contributed by atoms with Crippen LogP contribution in [0.1, 0.15) is 10.4 Å². The highest BCUT2D eigenvalue weighted by atomic mass is 35.5. The van der Waals surface area contributed by atoms with Crippen molar-refractivity contribution in [1.82, 2.24) is 4.98 Å². The summed E-state index contributed by atoms with van der Waals surface area (Å²) in [5.74, 6) is -0.215. The number of nitrogen functional groups attached to an aromatic ring is 1. The van der Waals surface area contributed by atoms with Gasteiger partial charge in [-0.25, -0.2) is 0 Å². The topological polar surface area (TPSA) is 70.9 Å². The van der Waals surface area contributed by atoms with Gasteiger partial charge in [-0.3, -0.25) is 4.79 Å². The van der Waals surface area contributed by atoms with Crippen LogP contribution in [0.25, 0.3) is 10.9 Å². The lowest BCUT2D eigenvalue weighted by atomic mass is 10.1. The van der Waals surface area contributed by atoms with Crippen LogP contribution in [0, 0.1) is 0 Å². The van der Waals surface area contributed by atoms with Gasteiger partial charge in [-0.1, -0.05) is 17.7 Å². The quantitative estimate of drug-likeness (QED) is 0.629. The predicted octanol–water partition coefficient (Wildman–Crippen LogP) is 3.66. The van der Waals surface area contributed by atoms with Gasteiger partial charge in [0.05, 0.1) is 10.7 Å². The average molecular weight is 286 g/mol. The largest absolute Gasteiger partial charge is 0.399 e. The van der Waals surface area contributed by atoms with Gasteiger partial charge in [0, 0.05) is 23.0 Å². The lowest BCUT2D eigenvalue weighted by Gasteiger charge is -2.08. The van der Waals surface area contributed by atoms with Crippen LogP contribution >= 0.6 is 11.6 Å². The first kappa shape index (κ1) is 12.6.